The Morgan fingerprint density at radius 3 is 2.71 bits per heavy atom. The largest absolute Gasteiger partial charge is 0.451 e. The summed E-state index contributed by atoms with van der Waals surface area (Å²) in [6, 6.07) is 11.9. The number of fused-ring (bicyclic) bond motifs is 3. The normalized spacial score (nSPS) is 28.7. The topological polar surface area (TPSA) is 71.5 Å². The summed E-state index contributed by atoms with van der Waals surface area (Å²) in [5.74, 6) is 1.51. The van der Waals surface area contributed by atoms with E-state index < -0.39 is 0 Å². The van der Waals surface area contributed by atoms with Crippen molar-refractivity contribution in [1.82, 2.24) is 10.2 Å². The number of nitrogens with two attached hydrogens (primary N) is 1. The number of carbonyl (C=O) groups is 1. The van der Waals surface area contributed by atoms with Crippen LogP contribution in [0.1, 0.15) is 30.3 Å². The molecule has 5 rings (SSSR count). The van der Waals surface area contributed by atoms with E-state index >= 15 is 0 Å². The van der Waals surface area contributed by atoms with E-state index in [0.29, 0.717) is 29.2 Å². The minimum absolute atomic E-state index is 0.122. The fourth-order valence-corrected chi connectivity index (χ4v) is 3.96. The van der Waals surface area contributed by atoms with Crippen LogP contribution in [0, 0.1) is 5.92 Å². The highest BCUT2D eigenvalue weighted by atomic mass is 16.3. The first kappa shape index (κ1) is 15.3. The molecule has 3 fully saturated rings. The maximum atomic E-state index is 12.5. The standard InChI is InChI=1S/C19H23N3O2/c1-12-10-14-8-9-22(12)11-16(14)21-19(23)18-7-6-17(24-18)13-2-4-15(20)5-3-13/h2-7,12,14,16H,8-11,20H2,1H3,(H,21,23)/t12?,14?,16-/m0/s1. The molecule has 2 bridgehead atoms. The lowest BCUT2D eigenvalue weighted by atomic mass is 9.80. The number of benzene rings is 1. The summed E-state index contributed by atoms with van der Waals surface area (Å²) in [6.45, 7) is 4.37. The molecular weight excluding hydrogens is 302 g/mol. The van der Waals surface area contributed by atoms with Crippen LogP contribution in [0.3, 0.4) is 0 Å². The first-order chi connectivity index (χ1) is 11.6. The van der Waals surface area contributed by atoms with Crippen LogP contribution in [0.5, 0.6) is 0 Å². The lowest BCUT2D eigenvalue weighted by Gasteiger charge is -2.48. The Morgan fingerprint density at radius 2 is 2.04 bits per heavy atom. The molecule has 0 spiro atoms. The number of furan rings is 1. The molecule has 0 saturated carbocycles. The molecule has 2 aromatic rings. The first-order valence-corrected chi connectivity index (χ1v) is 8.61. The molecule has 1 amide bonds. The molecule has 0 aliphatic carbocycles. The predicted octanol–water partition coefficient (Wildman–Crippen LogP) is 2.74. The molecule has 3 aliphatic heterocycles. The SMILES string of the molecule is CC1CC2CCN1C[C@@H]2NC(=O)c1ccc(-c2ccc(N)cc2)o1. The second-order valence-electron chi connectivity index (χ2n) is 6.99. The molecule has 3 N–H and O–H groups in total. The van der Waals surface area contributed by atoms with Crippen molar-refractivity contribution in [1.29, 1.82) is 0 Å². The van der Waals surface area contributed by atoms with Gasteiger partial charge in [0.1, 0.15) is 5.76 Å². The third-order valence-electron chi connectivity index (χ3n) is 5.40. The second-order valence-corrected chi connectivity index (χ2v) is 6.99. The molecule has 1 aromatic heterocycles. The van der Waals surface area contributed by atoms with Gasteiger partial charge in [0.25, 0.3) is 5.91 Å². The van der Waals surface area contributed by atoms with Crippen molar-refractivity contribution in [2.75, 3.05) is 18.8 Å². The summed E-state index contributed by atoms with van der Waals surface area (Å²) in [5.41, 5.74) is 7.33. The van der Waals surface area contributed by atoms with E-state index in [4.69, 9.17) is 10.2 Å². The van der Waals surface area contributed by atoms with Crippen LogP contribution in [-0.2, 0) is 0 Å². The highest BCUT2D eigenvalue weighted by Crippen LogP contribution is 2.32. The molecule has 126 valence electrons. The molecular formula is C19H23N3O2. The molecule has 5 heteroatoms. The quantitative estimate of drug-likeness (QED) is 0.851. The molecule has 5 nitrogen and oxygen atoms in total. The zero-order chi connectivity index (χ0) is 16.7. The molecule has 1 aromatic carbocycles. The molecule has 24 heavy (non-hydrogen) atoms. The third kappa shape index (κ3) is 2.80. The van der Waals surface area contributed by atoms with Gasteiger partial charge in [-0.05, 0) is 68.6 Å². The van der Waals surface area contributed by atoms with E-state index in [1.54, 1.807) is 6.07 Å². The van der Waals surface area contributed by atoms with Crippen LogP contribution in [0.25, 0.3) is 11.3 Å². The highest BCUT2D eigenvalue weighted by molar-refractivity contribution is 5.92. The van der Waals surface area contributed by atoms with Crippen LogP contribution in [0.2, 0.25) is 0 Å². The van der Waals surface area contributed by atoms with Crippen molar-refractivity contribution < 1.29 is 9.21 Å². The molecule has 4 heterocycles. The number of amides is 1. The smallest absolute Gasteiger partial charge is 0.287 e. The number of rotatable bonds is 3. The fraction of sp³-hybridized carbons (Fsp3) is 0.421. The van der Waals surface area contributed by atoms with Gasteiger partial charge in [-0.25, -0.2) is 0 Å². The molecule has 4 atom stereocenters. The maximum Gasteiger partial charge on any atom is 0.287 e. The minimum Gasteiger partial charge on any atom is -0.451 e. The number of hydrogen-bond acceptors (Lipinski definition) is 4. The number of carbonyl (C=O) groups excluding carboxylic acids is 1. The number of nitrogens with zero attached hydrogens (tertiary/aromatic N) is 1. The summed E-state index contributed by atoms with van der Waals surface area (Å²) >= 11 is 0. The van der Waals surface area contributed by atoms with E-state index in [0.717, 1.165) is 18.7 Å². The van der Waals surface area contributed by atoms with Gasteiger partial charge in [-0.2, -0.15) is 0 Å². The number of anilines is 1. The monoisotopic (exact) mass is 325 g/mol. The summed E-state index contributed by atoms with van der Waals surface area (Å²) < 4.78 is 5.75. The first-order valence-electron chi connectivity index (χ1n) is 8.61. The molecule has 3 aliphatic rings. The Hall–Kier alpha value is -2.27. The van der Waals surface area contributed by atoms with E-state index in [9.17, 15) is 4.79 Å². The lowest BCUT2D eigenvalue weighted by molar-refractivity contribution is 0.0269. The fourth-order valence-electron chi connectivity index (χ4n) is 3.96. The third-order valence-corrected chi connectivity index (χ3v) is 5.40. The number of nitrogen functional groups attached to an aromatic ring is 1. The van der Waals surface area contributed by atoms with Crippen LogP contribution in [0.4, 0.5) is 5.69 Å². The van der Waals surface area contributed by atoms with Gasteiger partial charge in [0.15, 0.2) is 5.76 Å². The zero-order valence-electron chi connectivity index (χ0n) is 13.9. The van der Waals surface area contributed by atoms with Gasteiger partial charge in [-0.1, -0.05) is 0 Å². The van der Waals surface area contributed by atoms with Crippen LogP contribution >= 0.6 is 0 Å². The summed E-state index contributed by atoms with van der Waals surface area (Å²) in [7, 11) is 0. The van der Waals surface area contributed by atoms with E-state index in [1.807, 2.05) is 30.3 Å². The van der Waals surface area contributed by atoms with Crippen molar-refractivity contribution in [3.8, 4) is 11.3 Å². The summed E-state index contributed by atoms with van der Waals surface area (Å²) in [5, 5.41) is 3.17. The minimum atomic E-state index is -0.122. The van der Waals surface area contributed by atoms with Gasteiger partial charge in [0, 0.05) is 29.9 Å². The van der Waals surface area contributed by atoms with Crippen molar-refractivity contribution in [3.05, 3.63) is 42.2 Å². The van der Waals surface area contributed by atoms with Gasteiger partial charge in [0.2, 0.25) is 0 Å². The Labute approximate surface area is 141 Å². The van der Waals surface area contributed by atoms with Crippen molar-refractivity contribution in [2.45, 2.75) is 31.8 Å². The Kier molecular flexibility index (Phi) is 3.81. The maximum absolute atomic E-state index is 12.5. The highest BCUT2D eigenvalue weighted by Gasteiger charge is 2.39. The Bertz CT molecular complexity index is 737. The van der Waals surface area contributed by atoms with Crippen LogP contribution in [-0.4, -0.2) is 36.0 Å². The predicted molar refractivity (Wildman–Crippen MR) is 93.6 cm³/mol. The zero-order valence-corrected chi connectivity index (χ0v) is 13.9. The van der Waals surface area contributed by atoms with Gasteiger partial charge >= 0.3 is 0 Å². The van der Waals surface area contributed by atoms with Crippen molar-refractivity contribution >= 4 is 11.6 Å². The van der Waals surface area contributed by atoms with E-state index in [-0.39, 0.29) is 11.9 Å². The average Bonchev–Trinajstić information content (AvgIpc) is 3.07. The number of piperidine rings is 3. The molecule has 0 radical (unpaired) electrons. The van der Waals surface area contributed by atoms with Gasteiger partial charge in [-0.3, -0.25) is 9.69 Å². The number of nitrogens with one attached hydrogen (secondary N) is 1. The molecule has 3 unspecified atom stereocenters. The van der Waals surface area contributed by atoms with Crippen molar-refractivity contribution in [2.24, 2.45) is 5.92 Å². The van der Waals surface area contributed by atoms with E-state index in [2.05, 4.69) is 17.1 Å². The van der Waals surface area contributed by atoms with Gasteiger partial charge in [-0.15, -0.1) is 0 Å². The second kappa shape index (κ2) is 5.98. The van der Waals surface area contributed by atoms with Crippen molar-refractivity contribution in [3.63, 3.8) is 0 Å². The average molecular weight is 325 g/mol. The Balaban J connectivity index is 1.45. The summed E-state index contributed by atoms with van der Waals surface area (Å²) in [4.78, 5) is 15.0. The number of hydrogen-bond donors (Lipinski definition) is 2. The summed E-state index contributed by atoms with van der Waals surface area (Å²) in [6.07, 6.45) is 2.34. The van der Waals surface area contributed by atoms with Crippen LogP contribution in [0.15, 0.2) is 40.8 Å². The molecule has 3 saturated heterocycles. The van der Waals surface area contributed by atoms with Gasteiger partial charge in [0.05, 0.1) is 0 Å². The van der Waals surface area contributed by atoms with Crippen LogP contribution < -0.4 is 11.1 Å². The van der Waals surface area contributed by atoms with E-state index in [1.165, 1.54) is 12.8 Å². The lowest BCUT2D eigenvalue weighted by Crippen LogP contribution is -2.60. The Morgan fingerprint density at radius 1 is 1.25 bits per heavy atom. The van der Waals surface area contributed by atoms with Gasteiger partial charge < -0.3 is 15.5 Å².